The minimum Gasteiger partial charge on any atom is -0.494 e. The average molecular weight is 564 g/mol. The van der Waals surface area contributed by atoms with Crippen LogP contribution in [-0.4, -0.2) is 40.0 Å². The minimum absolute atomic E-state index is 0.173. The Morgan fingerprint density at radius 3 is 2.74 bits per heavy atom. The first-order valence-corrected chi connectivity index (χ1v) is 13.4. The minimum atomic E-state index is -0.692. The summed E-state index contributed by atoms with van der Waals surface area (Å²) in [5.41, 5.74) is -0.197. The second-order valence-corrected chi connectivity index (χ2v) is 9.90. The molecule has 0 unspecified atom stereocenters. The van der Waals surface area contributed by atoms with E-state index in [4.69, 9.17) is 13.9 Å². The Balaban J connectivity index is 1.38. The fourth-order valence-electron chi connectivity index (χ4n) is 3.28. The van der Waals surface area contributed by atoms with E-state index in [1.54, 1.807) is 13.0 Å². The Bertz CT molecular complexity index is 1530. The zero-order valence-corrected chi connectivity index (χ0v) is 22.2. The summed E-state index contributed by atoms with van der Waals surface area (Å²) < 4.78 is 17.3. The SMILES string of the molecule is CCOc1ccc(-c2ccc(/C=C(/C#N)C(=O)Nc3nnc(SCCOc4ccccc4)s3)o2)c([N+](=O)[O-])c1. The van der Waals surface area contributed by atoms with E-state index in [0.717, 1.165) is 5.75 Å². The number of nitro benzene ring substituents is 1. The van der Waals surface area contributed by atoms with E-state index in [0.29, 0.717) is 29.1 Å². The number of ether oxygens (including phenoxy) is 2. The Labute approximate surface area is 231 Å². The van der Waals surface area contributed by atoms with Crippen LogP contribution >= 0.6 is 23.1 Å². The molecule has 1 N–H and O–H groups in total. The summed E-state index contributed by atoms with van der Waals surface area (Å²) in [6.07, 6.45) is 1.25. The van der Waals surface area contributed by atoms with E-state index >= 15 is 0 Å². The molecular formula is C26H21N5O6S2. The third kappa shape index (κ3) is 7.44. The molecule has 0 spiro atoms. The van der Waals surface area contributed by atoms with Crippen molar-refractivity contribution in [1.29, 1.82) is 5.26 Å². The number of carbonyl (C=O) groups excluding carboxylic acids is 1. The first kappa shape index (κ1) is 27.4. The van der Waals surface area contributed by atoms with Gasteiger partial charge in [-0.05, 0) is 43.3 Å². The molecule has 4 aromatic rings. The standard InChI is InChI=1S/C26H21N5O6S2/c1-2-35-19-8-10-21(22(15-19)31(33)34)23-11-9-20(37-23)14-17(16-27)24(32)28-25-29-30-26(39-25)38-13-12-36-18-6-4-3-5-7-18/h3-11,14-15H,2,12-13H2,1H3,(H,28,29,32)/b17-14-. The molecule has 1 amide bonds. The van der Waals surface area contributed by atoms with Crippen molar-refractivity contribution < 1.29 is 23.6 Å². The molecule has 0 saturated carbocycles. The molecular weight excluding hydrogens is 542 g/mol. The summed E-state index contributed by atoms with van der Waals surface area (Å²) in [4.78, 5) is 23.7. The fourth-order valence-corrected chi connectivity index (χ4v) is 4.92. The molecule has 0 aliphatic carbocycles. The van der Waals surface area contributed by atoms with Crippen molar-refractivity contribution >= 4 is 45.9 Å². The van der Waals surface area contributed by atoms with E-state index in [-0.39, 0.29) is 33.5 Å². The topological polar surface area (TPSA) is 153 Å². The van der Waals surface area contributed by atoms with Crippen molar-refractivity contribution in [2.45, 2.75) is 11.3 Å². The van der Waals surface area contributed by atoms with Crippen molar-refractivity contribution in [1.82, 2.24) is 10.2 Å². The Morgan fingerprint density at radius 1 is 1.18 bits per heavy atom. The van der Waals surface area contributed by atoms with Gasteiger partial charge in [-0.2, -0.15) is 5.26 Å². The number of thioether (sulfide) groups is 1. The number of anilines is 1. The predicted octanol–water partition coefficient (Wildman–Crippen LogP) is 5.82. The maximum absolute atomic E-state index is 12.7. The van der Waals surface area contributed by atoms with E-state index in [9.17, 15) is 20.2 Å². The second kappa shape index (κ2) is 13.2. The van der Waals surface area contributed by atoms with Crippen LogP contribution in [0.2, 0.25) is 0 Å². The van der Waals surface area contributed by atoms with Gasteiger partial charge in [0, 0.05) is 11.8 Å². The van der Waals surface area contributed by atoms with Gasteiger partial charge < -0.3 is 13.9 Å². The Hall–Kier alpha value is -4.67. The van der Waals surface area contributed by atoms with Crippen molar-refractivity contribution in [3.05, 3.63) is 82.1 Å². The molecule has 2 aromatic carbocycles. The van der Waals surface area contributed by atoms with E-state index in [1.165, 1.54) is 53.4 Å². The first-order chi connectivity index (χ1) is 19.0. The van der Waals surface area contributed by atoms with E-state index < -0.39 is 10.8 Å². The van der Waals surface area contributed by atoms with Gasteiger partial charge in [0.1, 0.15) is 34.7 Å². The molecule has 0 bridgehead atoms. The highest BCUT2D eigenvalue weighted by atomic mass is 32.2. The Morgan fingerprint density at radius 2 is 2.00 bits per heavy atom. The number of furan rings is 1. The normalized spacial score (nSPS) is 11.0. The summed E-state index contributed by atoms with van der Waals surface area (Å²) in [7, 11) is 0. The van der Waals surface area contributed by atoms with E-state index in [2.05, 4.69) is 15.5 Å². The third-order valence-electron chi connectivity index (χ3n) is 4.97. The van der Waals surface area contributed by atoms with Gasteiger partial charge in [0.2, 0.25) is 5.13 Å². The number of hydrogen-bond acceptors (Lipinski definition) is 11. The molecule has 198 valence electrons. The van der Waals surface area contributed by atoms with Crippen molar-refractivity contribution in [3.8, 4) is 28.9 Å². The lowest BCUT2D eigenvalue weighted by Gasteiger charge is -2.05. The number of nitrogens with one attached hydrogen (secondary N) is 1. The van der Waals surface area contributed by atoms with Crippen LogP contribution < -0.4 is 14.8 Å². The molecule has 4 rings (SSSR count). The molecule has 0 radical (unpaired) electrons. The second-order valence-electron chi connectivity index (χ2n) is 7.58. The summed E-state index contributed by atoms with van der Waals surface area (Å²) in [5, 5.41) is 31.9. The van der Waals surface area contributed by atoms with Crippen LogP contribution in [0.1, 0.15) is 12.7 Å². The van der Waals surface area contributed by atoms with Crippen LogP contribution in [0.5, 0.6) is 11.5 Å². The largest absolute Gasteiger partial charge is 0.494 e. The highest BCUT2D eigenvalue weighted by molar-refractivity contribution is 8.01. The molecule has 0 fully saturated rings. The lowest BCUT2D eigenvalue weighted by Crippen LogP contribution is -2.13. The molecule has 0 aliphatic rings. The molecule has 0 saturated heterocycles. The van der Waals surface area contributed by atoms with Gasteiger partial charge in [0.15, 0.2) is 4.34 Å². The van der Waals surface area contributed by atoms with Crippen LogP contribution in [0, 0.1) is 21.4 Å². The number of aromatic nitrogens is 2. The quantitative estimate of drug-likeness (QED) is 0.0424. The van der Waals surface area contributed by atoms with Crippen LogP contribution in [0.3, 0.4) is 0 Å². The highest BCUT2D eigenvalue weighted by Crippen LogP contribution is 2.34. The number of nitro groups is 1. The van der Waals surface area contributed by atoms with Crippen LogP contribution in [-0.2, 0) is 4.79 Å². The summed E-state index contributed by atoms with van der Waals surface area (Å²) in [6, 6.07) is 18.7. The zero-order chi connectivity index (χ0) is 27.6. The van der Waals surface area contributed by atoms with Gasteiger partial charge in [-0.25, -0.2) is 0 Å². The van der Waals surface area contributed by atoms with Crippen molar-refractivity contribution in [2.75, 3.05) is 24.3 Å². The lowest BCUT2D eigenvalue weighted by atomic mass is 10.1. The highest BCUT2D eigenvalue weighted by Gasteiger charge is 2.20. The van der Waals surface area contributed by atoms with Gasteiger partial charge in [-0.1, -0.05) is 41.3 Å². The maximum atomic E-state index is 12.7. The molecule has 39 heavy (non-hydrogen) atoms. The number of benzene rings is 2. The van der Waals surface area contributed by atoms with Gasteiger partial charge in [0.05, 0.1) is 29.8 Å². The van der Waals surface area contributed by atoms with E-state index in [1.807, 2.05) is 36.4 Å². The first-order valence-electron chi connectivity index (χ1n) is 11.6. The molecule has 2 aromatic heterocycles. The molecule has 13 heteroatoms. The third-order valence-corrected chi connectivity index (χ3v) is 6.90. The summed E-state index contributed by atoms with van der Waals surface area (Å²) in [5.74, 6) is 1.46. The smallest absolute Gasteiger partial charge is 0.284 e. The number of rotatable bonds is 12. The number of nitriles is 1. The molecule has 11 nitrogen and oxygen atoms in total. The van der Waals surface area contributed by atoms with Crippen LogP contribution in [0.25, 0.3) is 17.4 Å². The van der Waals surface area contributed by atoms with Crippen molar-refractivity contribution in [3.63, 3.8) is 0 Å². The monoisotopic (exact) mass is 563 g/mol. The number of amides is 1. The molecule has 2 heterocycles. The Kier molecular flexibility index (Phi) is 9.28. The maximum Gasteiger partial charge on any atom is 0.284 e. The van der Waals surface area contributed by atoms with Gasteiger partial charge >= 0.3 is 0 Å². The molecule has 0 atom stereocenters. The average Bonchev–Trinajstić information content (AvgIpc) is 3.60. The zero-order valence-electron chi connectivity index (χ0n) is 20.5. The number of carbonyl (C=O) groups is 1. The van der Waals surface area contributed by atoms with Gasteiger partial charge in [0.25, 0.3) is 11.6 Å². The predicted molar refractivity (Wildman–Crippen MR) is 147 cm³/mol. The van der Waals surface area contributed by atoms with Crippen molar-refractivity contribution in [2.24, 2.45) is 0 Å². The summed E-state index contributed by atoms with van der Waals surface area (Å²) >= 11 is 2.60. The number of nitrogens with zero attached hydrogens (tertiary/aromatic N) is 4. The van der Waals surface area contributed by atoms with Gasteiger partial charge in [-0.3, -0.25) is 20.2 Å². The van der Waals surface area contributed by atoms with Crippen LogP contribution in [0.4, 0.5) is 10.8 Å². The molecule has 0 aliphatic heterocycles. The number of para-hydroxylation sites is 1. The number of hydrogen-bond donors (Lipinski definition) is 1. The fraction of sp³-hybridized carbons (Fsp3) is 0.154. The lowest BCUT2D eigenvalue weighted by molar-refractivity contribution is -0.384. The van der Waals surface area contributed by atoms with Crippen LogP contribution in [0.15, 0.2) is 75.0 Å². The summed E-state index contributed by atoms with van der Waals surface area (Å²) in [6.45, 7) is 2.62. The van der Waals surface area contributed by atoms with Gasteiger partial charge in [-0.15, -0.1) is 10.2 Å².